The number of aryl methyl sites for hydroxylation is 2. The van der Waals surface area contributed by atoms with E-state index >= 15 is 0 Å². The number of methoxy groups -OCH3 is 1. The number of hydrogen-bond donors (Lipinski definition) is 1. The minimum atomic E-state index is 0.0479. The molecule has 110 valence electrons. The van der Waals surface area contributed by atoms with Crippen LogP contribution in [0.5, 0.6) is 5.75 Å². The molecule has 4 heteroatoms. The lowest BCUT2D eigenvalue weighted by molar-refractivity contribution is 0.0317. The van der Waals surface area contributed by atoms with Crippen LogP contribution in [0.4, 0.5) is 0 Å². The fraction of sp³-hybridized carbons (Fsp3) is 0.562. The molecule has 0 atom stereocenters. The van der Waals surface area contributed by atoms with E-state index in [2.05, 4.69) is 5.32 Å². The molecule has 0 spiro atoms. The Kier molecular flexibility index (Phi) is 5.15. The number of carbonyl (C=O) groups is 1. The van der Waals surface area contributed by atoms with E-state index in [4.69, 9.17) is 9.47 Å². The summed E-state index contributed by atoms with van der Waals surface area (Å²) < 4.78 is 11.0. The highest BCUT2D eigenvalue weighted by atomic mass is 16.5. The van der Waals surface area contributed by atoms with Crippen LogP contribution in [0.15, 0.2) is 12.1 Å². The summed E-state index contributed by atoms with van der Waals surface area (Å²) >= 11 is 0. The highest BCUT2D eigenvalue weighted by molar-refractivity contribution is 5.98. The zero-order chi connectivity index (χ0) is 14.5. The molecule has 0 saturated carbocycles. The van der Waals surface area contributed by atoms with Crippen molar-refractivity contribution in [2.24, 2.45) is 0 Å². The summed E-state index contributed by atoms with van der Waals surface area (Å²) in [4.78, 5) is 12.3. The summed E-state index contributed by atoms with van der Waals surface area (Å²) in [5, 5.41) is 3.28. The normalized spacial score (nSPS) is 16.1. The predicted molar refractivity (Wildman–Crippen MR) is 78.6 cm³/mol. The minimum absolute atomic E-state index is 0.0479. The number of hydrogen-bond acceptors (Lipinski definition) is 4. The van der Waals surface area contributed by atoms with Gasteiger partial charge in [-0.3, -0.25) is 4.79 Å². The van der Waals surface area contributed by atoms with Crippen molar-refractivity contribution in [2.45, 2.75) is 32.8 Å². The molecule has 4 nitrogen and oxygen atoms in total. The number of rotatable bonds is 5. The van der Waals surface area contributed by atoms with Gasteiger partial charge in [-0.25, -0.2) is 0 Å². The van der Waals surface area contributed by atoms with Gasteiger partial charge >= 0.3 is 0 Å². The van der Waals surface area contributed by atoms with E-state index in [1.54, 1.807) is 7.11 Å². The van der Waals surface area contributed by atoms with Gasteiger partial charge in [0.1, 0.15) is 12.4 Å². The molecule has 1 heterocycles. The molecular formula is C16H23NO3. The van der Waals surface area contributed by atoms with E-state index in [1.165, 1.54) is 0 Å². The number of Topliss-reactive ketones (excluding diaryl/α,β-unsaturated/α-hetero) is 1. The van der Waals surface area contributed by atoms with Crippen LogP contribution in [0.1, 0.15) is 34.3 Å². The van der Waals surface area contributed by atoms with Gasteiger partial charge in [-0.1, -0.05) is 0 Å². The average molecular weight is 277 g/mol. The first-order valence-corrected chi connectivity index (χ1v) is 7.12. The maximum absolute atomic E-state index is 12.3. The molecule has 0 aliphatic carbocycles. The van der Waals surface area contributed by atoms with Crippen LogP contribution in [0.25, 0.3) is 0 Å². The number of piperidine rings is 1. The van der Waals surface area contributed by atoms with E-state index in [-0.39, 0.29) is 18.5 Å². The molecule has 0 unspecified atom stereocenters. The Balaban J connectivity index is 1.99. The topological polar surface area (TPSA) is 47.6 Å². The zero-order valence-corrected chi connectivity index (χ0v) is 12.5. The van der Waals surface area contributed by atoms with Crippen molar-refractivity contribution in [3.05, 3.63) is 28.8 Å². The maximum Gasteiger partial charge on any atom is 0.188 e. The van der Waals surface area contributed by atoms with Crippen molar-refractivity contribution in [3.63, 3.8) is 0 Å². The van der Waals surface area contributed by atoms with Crippen LogP contribution in [0, 0.1) is 13.8 Å². The third kappa shape index (κ3) is 3.58. The molecule has 1 aromatic rings. The van der Waals surface area contributed by atoms with E-state index in [0.29, 0.717) is 0 Å². The molecule has 2 rings (SSSR count). The Morgan fingerprint density at radius 2 is 1.95 bits per heavy atom. The molecule has 0 radical (unpaired) electrons. The number of carbonyl (C=O) groups excluding carboxylic acids is 1. The fourth-order valence-electron chi connectivity index (χ4n) is 2.54. The lowest BCUT2D eigenvalue weighted by Crippen LogP contribution is -2.33. The Hall–Kier alpha value is -1.39. The maximum atomic E-state index is 12.3. The number of benzene rings is 1. The molecule has 1 saturated heterocycles. The Labute approximate surface area is 120 Å². The van der Waals surface area contributed by atoms with Crippen LogP contribution in [0.2, 0.25) is 0 Å². The first kappa shape index (κ1) is 15.0. The van der Waals surface area contributed by atoms with Crippen molar-refractivity contribution < 1.29 is 14.3 Å². The fourth-order valence-corrected chi connectivity index (χ4v) is 2.54. The number of ketones is 1. The number of ether oxygens (including phenoxy) is 2. The minimum Gasteiger partial charge on any atom is -0.496 e. The van der Waals surface area contributed by atoms with E-state index in [9.17, 15) is 4.79 Å². The first-order chi connectivity index (χ1) is 9.61. The van der Waals surface area contributed by atoms with Gasteiger partial charge < -0.3 is 14.8 Å². The molecule has 1 fully saturated rings. The summed E-state index contributed by atoms with van der Waals surface area (Å²) in [5.41, 5.74) is 2.65. The third-order valence-electron chi connectivity index (χ3n) is 3.78. The highest BCUT2D eigenvalue weighted by Gasteiger charge is 2.17. The summed E-state index contributed by atoms with van der Waals surface area (Å²) in [7, 11) is 1.64. The van der Waals surface area contributed by atoms with Crippen LogP contribution in [-0.2, 0) is 4.74 Å². The van der Waals surface area contributed by atoms with Gasteiger partial charge in [0.25, 0.3) is 0 Å². The van der Waals surface area contributed by atoms with E-state index in [1.807, 2.05) is 26.0 Å². The second-order valence-corrected chi connectivity index (χ2v) is 5.32. The Morgan fingerprint density at radius 3 is 2.60 bits per heavy atom. The van der Waals surface area contributed by atoms with Gasteiger partial charge in [0.2, 0.25) is 0 Å². The summed E-state index contributed by atoms with van der Waals surface area (Å²) in [5.74, 6) is 0.866. The smallest absolute Gasteiger partial charge is 0.188 e. The molecule has 20 heavy (non-hydrogen) atoms. The molecule has 0 bridgehead atoms. The van der Waals surface area contributed by atoms with Crippen LogP contribution in [-0.4, -0.2) is 38.7 Å². The van der Waals surface area contributed by atoms with E-state index < -0.39 is 0 Å². The summed E-state index contributed by atoms with van der Waals surface area (Å²) in [6, 6.07) is 3.80. The van der Waals surface area contributed by atoms with Crippen LogP contribution in [0.3, 0.4) is 0 Å². The standard InChI is InChI=1S/C16H23NO3/c1-11-9-16(19-3)12(2)8-14(11)15(18)10-20-13-4-6-17-7-5-13/h8-9,13,17H,4-7,10H2,1-3H3. The largest absolute Gasteiger partial charge is 0.496 e. The van der Waals surface area contributed by atoms with Gasteiger partial charge in [-0.2, -0.15) is 0 Å². The number of nitrogens with one attached hydrogen (secondary N) is 1. The van der Waals surface area contributed by atoms with Gasteiger partial charge in [0.05, 0.1) is 13.2 Å². The highest BCUT2D eigenvalue weighted by Crippen LogP contribution is 2.23. The lowest BCUT2D eigenvalue weighted by Gasteiger charge is -2.22. The van der Waals surface area contributed by atoms with Crippen molar-refractivity contribution in [1.29, 1.82) is 0 Å². The predicted octanol–water partition coefficient (Wildman–Crippen LogP) is 2.26. The lowest BCUT2D eigenvalue weighted by atomic mass is 10.0. The summed E-state index contributed by atoms with van der Waals surface area (Å²) in [6.07, 6.45) is 2.17. The molecule has 1 aromatic carbocycles. The molecule has 1 N–H and O–H groups in total. The van der Waals surface area contributed by atoms with Gasteiger partial charge in [0, 0.05) is 5.56 Å². The third-order valence-corrected chi connectivity index (χ3v) is 3.78. The Morgan fingerprint density at radius 1 is 1.25 bits per heavy atom. The van der Waals surface area contributed by atoms with Crippen molar-refractivity contribution >= 4 is 5.78 Å². The van der Waals surface area contributed by atoms with Gasteiger partial charge in [-0.05, 0) is 63.0 Å². The van der Waals surface area contributed by atoms with Crippen molar-refractivity contribution in [2.75, 3.05) is 26.8 Å². The first-order valence-electron chi connectivity index (χ1n) is 7.12. The molecular weight excluding hydrogens is 254 g/mol. The second kappa shape index (κ2) is 6.86. The zero-order valence-electron chi connectivity index (χ0n) is 12.5. The molecule has 1 aliphatic heterocycles. The summed E-state index contributed by atoms with van der Waals surface area (Å²) in [6.45, 7) is 5.98. The van der Waals surface area contributed by atoms with Gasteiger partial charge in [0.15, 0.2) is 5.78 Å². The quantitative estimate of drug-likeness (QED) is 0.839. The molecule has 1 aliphatic rings. The average Bonchev–Trinajstić information content (AvgIpc) is 2.47. The second-order valence-electron chi connectivity index (χ2n) is 5.32. The molecule has 0 amide bonds. The van der Waals surface area contributed by atoms with Crippen LogP contribution < -0.4 is 10.1 Å². The Bertz CT molecular complexity index is 479. The van der Waals surface area contributed by atoms with Gasteiger partial charge in [-0.15, -0.1) is 0 Å². The van der Waals surface area contributed by atoms with Crippen LogP contribution >= 0.6 is 0 Å². The monoisotopic (exact) mass is 277 g/mol. The van der Waals surface area contributed by atoms with E-state index in [0.717, 1.165) is 48.4 Å². The SMILES string of the molecule is COc1cc(C)c(C(=O)COC2CCNCC2)cc1C. The molecule has 0 aromatic heterocycles. The van der Waals surface area contributed by atoms with Crippen molar-refractivity contribution in [3.8, 4) is 5.75 Å². The van der Waals surface area contributed by atoms with Crippen molar-refractivity contribution in [1.82, 2.24) is 5.32 Å².